The lowest BCUT2D eigenvalue weighted by Crippen LogP contribution is -2.45. The molecule has 2 unspecified atom stereocenters. The molecule has 2 atom stereocenters. The first-order valence-corrected chi connectivity index (χ1v) is 7.32. The van der Waals surface area contributed by atoms with Crippen molar-refractivity contribution in [3.05, 3.63) is 0 Å². The third-order valence-electron chi connectivity index (χ3n) is 4.41. The molecule has 0 aromatic carbocycles. The Kier molecular flexibility index (Phi) is 4.83. The summed E-state index contributed by atoms with van der Waals surface area (Å²) in [6.45, 7) is 6.46. The van der Waals surface area contributed by atoms with Crippen LogP contribution < -0.4 is 10.6 Å². The van der Waals surface area contributed by atoms with E-state index in [0.717, 1.165) is 44.9 Å². The summed E-state index contributed by atoms with van der Waals surface area (Å²) in [4.78, 5) is 0. The fourth-order valence-electron chi connectivity index (χ4n) is 3.39. The van der Waals surface area contributed by atoms with Gasteiger partial charge in [0.2, 0.25) is 0 Å². The maximum atomic E-state index is 10.5. The van der Waals surface area contributed by atoms with Gasteiger partial charge >= 0.3 is 0 Å². The van der Waals surface area contributed by atoms with E-state index in [1.807, 2.05) is 0 Å². The number of piperidine rings is 1. The summed E-state index contributed by atoms with van der Waals surface area (Å²) in [5, 5.41) is 17.4. The average molecular weight is 240 g/mol. The first-order chi connectivity index (χ1) is 8.18. The molecule has 0 bridgehead atoms. The molecule has 1 saturated heterocycles. The van der Waals surface area contributed by atoms with Gasteiger partial charge in [-0.25, -0.2) is 0 Å². The minimum Gasteiger partial charge on any atom is -0.389 e. The van der Waals surface area contributed by atoms with Gasteiger partial charge in [0, 0.05) is 6.54 Å². The highest BCUT2D eigenvalue weighted by molar-refractivity contribution is 4.87. The smallest absolute Gasteiger partial charge is 0.0774 e. The number of hydrogen-bond acceptors (Lipinski definition) is 3. The van der Waals surface area contributed by atoms with E-state index >= 15 is 0 Å². The first kappa shape index (κ1) is 13.3. The molecule has 1 aliphatic heterocycles. The molecule has 0 radical (unpaired) electrons. The van der Waals surface area contributed by atoms with Crippen molar-refractivity contribution >= 4 is 0 Å². The summed E-state index contributed by atoms with van der Waals surface area (Å²) in [7, 11) is 0. The van der Waals surface area contributed by atoms with Crippen molar-refractivity contribution < 1.29 is 5.11 Å². The summed E-state index contributed by atoms with van der Waals surface area (Å²) in [5.41, 5.74) is -0.426. The van der Waals surface area contributed by atoms with E-state index in [0.29, 0.717) is 5.92 Å². The second-order valence-corrected chi connectivity index (χ2v) is 6.25. The molecule has 0 spiro atoms. The van der Waals surface area contributed by atoms with Crippen molar-refractivity contribution in [2.24, 2.45) is 11.8 Å². The van der Waals surface area contributed by atoms with Crippen molar-refractivity contribution in [2.75, 3.05) is 26.2 Å². The molecular weight excluding hydrogens is 212 g/mol. The van der Waals surface area contributed by atoms with Crippen LogP contribution in [-0.2, 0) is 0 Å². The Morgan fingerprint density at radius 2 is 2.06 bits per heavy atom. The molecule has 1 saturated carbocycles. The molecule has 2 fully saturated rings. The van der Waals surface area contributed by atoms with Crippen LogP contribution in [0.25, 0.3) is 0 Å². The van der Waals surface area contributed by atoms with E-state index in [4.69, 9.17) is 0 Å². The Morgan fingerprint density at radius 3 is 2.76 bits per heavy atom. The first-order valence-electron chi connectivity index (χ1n) is 7.32. The highest BCUT2D eigenvalue weighted by Gasteiger charge is 2.32. The van der Waals surface area contributed by atoms with Crippen LogP contribution in [0.3, 0.4) is 0 Å². The monoisotopic (exact) mass is 240 g/mol. The Hall–Kier alpha value is -0.120. The van der Waals surface area contributed by atoms with Crippen LogP contribution in [0.5, 0.6) is 0 Å². The lowest BCUT2D eigenvalue weighted by molar-refractivity contribution is -0.0123. The van der Waals surface area contributed by atoms with Crippen LogP contribution in [0.15, 0.2) is 0 Å². The Morgan fingerprint density at radius 1 is 1.29 bits per heavy atom. The molecule has 1 heterocycles. The van der Waals surface area contributed by atoms with Crippen LogP contribution >= 0.6 is 0 Å². The van der Waals surface area contributed by atoms with Crippen molar-refractivity contribution in [2.45, 2.75) is 51.0 Å². The summed E-state index contributed by atoms with van der Waals surface area (Å²) in [6.07, 6.45) is 7.00. The molecule has 17 heavy (non-hydrogen) atoms. The largest absolute Gasteiger partial charge is 0.389 e. The Bertz CT molecular complexity index is 228. The average Bonchev–Trinajstić information content (AvgIpc) is 2.30. The molecule has 0 amide bonds. The van der Waals surface area contributed by atoms with Crippen LogP contribution in [0.1, 0.15) is 45.4 Å². The fourth-order valence-corrected chi connectivity index (χ4v) is 3.39. The predicted molar refractivity (Wildman–Crippen MR) is 71.0 cm³/mol. The third-order valence-corrected chi connectivity index (χ3v) is 4.41. The lowest BCUT2D eigenvalue weighted by atomic mass is 9.79. The van der Waals surface area contributed by atoms with Gasteiger partial charge in [0.1, 0.15) is 0 Å². The van der Waals surface area contributed by atoms with Crippen molar-refractivity contribution in [1.29, 1.82) is 0 Å². The SMILES string of the molecule is CC1CCCC(O)(CNCC2CCNCC2)C1. The normalized spacial score (nSPS) is 36.0. The second kappa shape index (κ2) is 6.17. The van der Waals surface area contributed by atoms with Gasteiger partial charge in [-0.3, -0.25) is 0 Å². The minimum atomic E-state index is -0.426. The van der Waals surface area contributed by atoms with E-state index in [1.54, 1.807) is 0 Å². The van der Waals surface area contributed by atoms with Crippen LogP contribution in [0.4, 0.5) is 0 Å². The molecular formula is C14H28N2O. The van der Waals surface area contributed by atoms with Crippen molar-refractivity contribution in [1.82, 2.24) is 10.6 Å². The maximum Gasteiger partial charge on any atom is 0.0774 e. The summed E-state index contributed by atoms with van der Waals surface area (Å²) >= 11 is 0. The van der Waals surface area contributed by atoms with Crippen molar-refractivity contribution in [3.8, 4) is 0 Å². The van der Waals surface area contributed by atoms with Gasteiger partial charge in [-0.15, -0.1) is 0 Å². The van der Waals surface area contributed by atoms with E-state index < -0.39 is 5.60 Å². The zero-order chi connectivity index (χ0) is 12.1. The molecule has 0 aromatic rings. The third kappa shape index (κ3) is 4.23. The van der Waals surface area contributed by atoms with E-state index in [9.17, 15) is 5.11 Å². The molecule has 0 aromatic heterocycles. The molecule has 3 N–H and O–H groups in total. The van der Waals surface area contributed by atoms with Gasteiger partial charge in [-0.2, -0.15) is 0 Å². The topological polar surface area (TPSA) is 44.3 Å². The zero-order valence-corrected chi connectivity index (χ0v) is 11.2. The highest BCUT2D eigenvalue weighted by Crippen LogP contribution is 2.31. The van der Waals surface area contributed by atoms with Gasteiger partial charge in [0.15, 0.2) is 0 Å². The van der Waals surface area contributed by atoms with Crippen LogP contribution in [-0.4, -0.2) is 36.9 Å². The molecule has 3 heteroatoms. The van der Waals surface area contributed by atoms with E-state index in [2.05, 4.69) is 17.6 Å². The van der Waals surface area contributed by atoms with Crippen molar-refractivity contribution in [3.63, 3.8) is 0 Å². The quantitative estimate of drug-likeness (QED) is 0.698. The fraction of sp³-hybridized carbons (Fsp3) is 1.00. The van der Waals surface area contributed by atoms with Gasteiger partial charge in [0.25, 0.3) is 0 Å². The van der Waals surface area contributed by atoms with Crippen LogP contribution in [0.2, 0.25) is 0 Å². The summed E-state index contributed by atoms with van der Waals surface area (Å²) < 4.78 is 0. The minimum absolute atomic E-state index is 0.426. The Balaban J connectivity index is 1.66. The van der Waals surface area contributed by atoms with Gasteiger partial charge in [-0.05, 0) is 57.2 Å². The van der Waals surface area contributed by atoms with E-state index in [-0.39, 0.29) is 0 Å². The molecule has 100 valence electrons. The Labute approximate surface area is 105 Å². The molecule has 2 rings (SSSR count). The van der Waals surface area contributed by atoms with E-state index in [1.165, 1.54) is 25.7 Å². The number of hydrogen-bond donors (Lipinski definition) is 3. The summed E-state index contributed by atoms with van der Waals surface area (Å²) in [6, 6.07) is 0. The second-order valence-electron chi connectivity index (χ2n) is 6.25. The lowest BCUT2D eigenvalue weighted by Gasteiger charge is -2.36. The number of rotatable bonds is 4. The number of aliphatic hydroxyl groups is 1. The standard InChI is InChI=1S/C14H28N2O/c1-12-3-2-6-14(17,9-12)11-16-10-13-4-7-15-8-5-13/h12-13,15-17H,2-11H2,1H3. The van der Waals surface area contributed by atoms with Gasteiger partial charge in [0.05, 0.1) is 5.60 Å². The maximum absolute atomic E-state index is 10.5. The molecule has 3 nitrogen and oxygen atoms in total. The van der Waals surface area contributed by atoms with Crippen LogP contribution in [0, 0.1) is 11.8 Å². The molecule has 2 aliphatic rings. The van der Waals surface area contributed by atoms with Gasteiger partial charge in [-0.1, -0.05) is 19.8 Å². The highest BCUT2D eigenvalue weighted by atomic mass is 16.3. The zero-order valence-electron chi connectivity index (χ0n) is 11.2. The predicted octanol–water partition coefficient (Wildman–Crippen LogP) is 1.52. The summed E-state index contributed by atoms with van der Waals surface area (Å²) in [5.74, 6) is 1.50. The molecule has 1 aliphatic carbocycles. The number of nitrogens with one attached hydrogen (secondary N) is 2. The van der Waals surface area contributed by atoms with Gasteiger partial charge < -0.3 is 15.7 Å².